The van der Waals surface area contributed by atoms with Gasteiger partial charge < -0.3 is 9.47 Å². The van der Waals surface area contributed by atoms with E-state index in [1.165, 1.54) is 12.1 Å². The van der Waals surface area contributed by atoms with Crippen LogP contribution in [0, 0.1) is 10.1 Å². The Morgan fingerprint density at radius 2 is 1.96 bits per heavy atom. The topological polar surface area (TPSA) is 95.5 Å². The quantitative estimate of drug-likeness (QED) is 0.414. The smallest absolute Gasteiger partial charge is 0.270 e. The molecule has 0 saturated carbocycles. The zero-order valence-electron chi connectivity index (χ0n) is 15.7. The number of hydrogen-bond donors (Lipinski definition) is 0. The van der Waals surface area contributed by atoms with Crippen LogP contribution in [-0.4, -0.2) is 51.9 Å². The van der Waals surface area contributed by atoms with E-state index in [0.29, 0.717) is 42.7 Å². The van der Waals surface area contributed by atoms with Crippen LogP contribution in [0.15, 0.2) is 54.9 Å². The fourth-order valence-electron chi connectivity index (χ4n) is 2.62. The highest BCUT2D eigenvalue weighted by Crippen LogP contribution is 2.25. The number of nitrogens with zero attached hydrogens (tertiary/aromatic N) is 5. The van der Waals surface area contributed by atoms with E-state index in [-0.39, 0.29) is 5.69 Å². The largest absolute Gasteiger partial charge is 0.493 e. The highest BCUT2D eigenvalue weighted by Gasteiger charge is 2.11. The van der Waals surface area contributed by atoms with E-state index in [1.807, 2.05) is 36.2 Å². The third-order valence-corrected chi connectivity index (χ3v) is 4.04. The molecule has 146 valence electrons. The number of benzene rings is 2. The Balaban J connectivity index is 1.54. The maximum absolute atomic E-state index is 10.9. The average molecular weight is 383 g/mol. The minimum Gasteiger partial charge on any atom is -0.493 e. The minimum absolute atomic E-state index is 0.0134. The molecule has 0 aliphatic rings. The van der Waals surface area contributed by atoms with Crippen molar-refractivity contribution in [2.75, 3.05) is 27.3 Å². The van der Waals surface area contributed by atoms with E-state index in [9.17, 15) is 10.1 Å². The lowest BCUT2D eigenvalue weighted by atomic mass is 10.2. The van der Waals surface area contributed by atoms with Crippen LogP contribution in [0.2, 0.25) is 0 Å². The minimum atomic E-state index is -0.435. The Hall–Kier alpha value is -3.46. The van der Waals surface area contributed by atoms with E-state index in [4.69, 9.17) is 9.47 Å². The summed E-state index contributed by atoms with van der Waals surface area (Å²) in [5.74, 6) is 1.84. The van der Waals surface area contributed by atoms with Crippen LogP contribution < -0.4 is 9.47 Å². The van der Waals surface area contributed by atoms with E-state index in [1.54, 1.807) is 30.3 Å². The third kappa shape index (κ3) is 4.83. The lowest BCUT2D eigenvalue weighted by molar-refractivity contribution is -0.384. The molecule has 9 heteroatoms. The van der Waals surface area contributed by atoms with Gasteiger partial charge in [-0.3, -0.25) is 15.0 Å². The van der Waals surface area contributed by atoms with Gasteiger partial charge in [0.1, 0.15) is 12.9 Å². The zero-order chi connectivity index (χ0) is 19.9. The molecule has 0 aliphatic carbocycles. The van der Waals surface area contributed by atoms with Gasteiger partial charge in [-0.15, -0.1) is 5.10 Å². The number of non-ortho nitro benzene ring substituents is 1. The fraction of sp³-hybridized carbons (Fsp3) is 0.263. The zero-order valence-corrected chi connectivity index (χ0v) is 15.7. The first kappa shape index (κ1) is 19.3. The lowest BCUT2D eigenvalue weighted by Crippen LogP contribution is -2.27. The van der Waals surface area contributed by atoms with Crippen molar-refractivity contribution in [1.82, 2.24) is 19.7 Å². The summed E-state index contributed by atoms with van der Waals surface area (Å²) in [5, 5.41) is 15.3. The van der Waals surface area contributed by atoms with E-state index >= 15 is 0 Å². The van der Waals surface area contributed by atoms with Crippen LogP contribution in [0.5, 0.6) is 11.5 Å². The number of ether oxygens (including phenoxy) is 2. The molecule has 2 aromatic carbocycles. The maximum atomic E-state index is 10.9. The average Bonchev–Trinajstić information content (AvgIpc) is 3.17. The van der Waals surface area contributed by atoms with Gasteiger partial charge in [-0.1, -0.05) is 24.3 Å². The van der Waals surface area contributed by atoms with Gasteiger partial charge in [-0.25, -0.2) is 9.67 Å². The Bertz CT molecular complexity index is 943. The van der Waals surface area contributed by atoms with Gasteiger partial charge in [0.2, 0.25) is 0 Å². The van der Waals surface area contributed by atoms with Gasteiger partial charge in [-0.2, -0.15) is 0 Å². The van der Waals surface area contributed by atoms with Gasteiger partial charge in [0, 0.05) is 24.2 Å². The Kier molecular flexibility index (Phi) is 6.18. The standard InChI is InChI=1S/C19H21N5O4/c1-22(10-11-28-18-9-4-3-8-17(18)27-2)14-23-13-20-19(21-23)15-6-5-7-16(12-15)24(25)26/h3-9,12-13H,10-11,14H2,1-2H3. The van der Waals surface area contributed by atoms with Gasteiger partial charge in [0.05, 0.1) is 18.7 Å². The number of nitro groups is 1. The third-order valence-electron chi connectivity index (χ3n) is 4.04. The van der Waals surface area contributed by atoms with Gasteiger partial charge >= 0.3 is 0 Å². The molecular weight excluding hydrogens is 362 g/mol. The maximum Gasteiger partial charge on any atom is 0.270 e. The molecule has 1 heterocycles. The Morgan fingerprint density at radius 3 is 2.71 bits per heavy atom. The fourth-order valence-corrected chi connectivity index (χ4v) is 2.62. The van der Waals surface area contributed by atoms with Crippen molar-refractivity contribution in [3.8, 4) is 22.9 Å². The molecule has 0 bridgehead atoms. The number of rotatable bonds is 9. The number of nitro benzene ring substituents is 1. The van der Waals surface area contributed by atoms with Crippen LogP contribution in [0.25, 0.3) is 11.4 Å². The van der Waals surface area contributed by atoms with E-state index in [0.717, 1.165) is 0 Å². The van der Waals surface area contributed by atoms with Crippen molar-refractivity contribution in [2.45, 2.75) is 6.67 Å². The molecule has 0 aliphatic heterocycles. The van der Waals surface area contributed by atoms with Crippen molar-refractivity contribution in [2.24, 2.45) is 0 Å². The molecule has 0 N–H and O–H groups in total. The first-order chi connectivity index (χ1) is 13.6. The predicted octanol–water partition coefficient (Wildman–Crippen LogP) is 2.83. The Labute approximate surface area is 162 Å². The summed E-state index contributed by atoms with van der Waals surface area (Å²) in [6.45, 7) is 1.67. The second kappa shape index (κ2) is 8.96. The van der Waals surface area contributed by atoms with Crippen LogP contribution in [0.4, 0.5) is 5.69 Å². The summed E-state index contributed by atoms with van der Waals surface area (Å²) >= 11 is 0. The summed E-state index contributed by atoms with van der Waals surface area (Å²) in [5.41, 5.74) is 0.620. The van der Waals surface area contributed by atoms with Crippen LogP contribution in [0.1, 0.15) is 0 Å². The highest BCUT2D eigenvalue weighted by molar-refractivity contribution is 5.58. The number of hydrogen-bond acceptors (Lipinski definition) is 7. The van der Waals surface area contributed by atoms with E-state index in [2.05, 4.69) is 10.1 Å². The first-order valence-corrected chi connectivity index (χ1v) is 8.65. The Morgan fingerprint density at radius 1 is 1.18 bits per heavy atom. The van der Waals surface area contributed by atoms with Crippen molar-refractivity contribution < 1.29 is 14.4 Å². The summed E-state index contributed by atoms with van der Waals surface area (Å²) in [7, 11) is 3.55. The molecule has 0 atom stereocenters. The van der Waals surface area contributed by atoms with Crippen molar-refractivity contribution in [1.29, 1.82) is 0 Å². The van der Waals surface area contributed by atoms with Gasteiger partial charge in [0.25, 0.3) is 5.69 Å². The normalized spacial score (nSPS) is 10.8. The van der Waals surface area contributed by atoms with Crippen molar-refractivity contribution in [3.63, 3.8) is 0 Å². The monoisotopic (exact) mass is 383 g/mol. The molecule has 0 amide bonds. The number of methoxy groups -OCH3 is 1. The highest BCUT2D eigenvalue weighted by atomic mass is 16.6. The number of para-hydroxylation sites is 2. The molecule has 28 heavy (non-hydrogen) atoms. The van der Waals surface area contributed by atoms with Crippen LogP contribution in [0.3, 0.4) is 0 Å². The molecular formula is C19H21N5O4. The molecule has 0 saturated heterocycles. The van der Waals surface area contributed by atoms with Crippen LogP contribution >= 0.6 is 0 Å². The van der Waals surface area contributed by atoms with Crippen molar-refractivity contribution in [3.05, 3.63) is 65.0 Å². The molecule has 0 spiro atoms. The molecule has 0 fully saturated rings. The summed E-state index contributed by atoms with van der Waals surface area (Å²) in [4.78, 5) is 16.8. The summed E-state index contributed by atoms with van der Waals surface area (Å²) in [6.07, 6.45) is 1.60. The molecule has 1 aromatic heterocycles. The first-order valence-electron chi connectivity index (χ1n) is 8.65. The van der Waals surface area contributed by atoms with Crippen molar-refractivity contribution >= 4 is 5.69 Å². The second-order valence-electron chi connectivity index (χ2n) is 6.14. The van der Waals surface area contributed by atoms with Crippen LogP contribution in [-0.2, 0) is 6.67 Å². The second-order valence-corrected chi connectivity index (χ2v) is 6.14. The number of aromatic nitrogens is 3. The lowest BCUT2D eigenvalue weighted by Gasteiger charge is -2.17. The summed E-state index contributed by atoms with van der Waals surface area (Å²) < 4.78 is 12.7. The summed E-state index contributed by atoms with van der Waals surface area (Å²) in [6, 6.07) is 13.8. The number of likely N-dealkylation sites (N-methyl/N-ethyl adjacent to an activating group) is 1. The molecule has 0 unspecified atom stereocenters. The SMILES string of the molecule is COc1ccccc1OCCN(C)Cn1cnc(-c2cccc([N+](=O)[O-])c2)n1. The molecule has 9 nitrogen and oxygen atoms in total. The van der Waals surface area contributed by atoms with E-state index < -0.39 is 4.92 Å². The molecule has 0 radical (unpaired) electrons. The molecule has 3 aromatic rings. The predicted molar refractivity (Wildman–Crippen MR) is 103 cm³/mol. The molecule has 3 rings (SSSR count). The van der Waals surface area contributed by atoms with Gasteiger partial charge in [-0.05, 0) is 19.2 Å². The van der Waals surface area contributed by atoms with Gasteiger partial charge in [0.15, 0.2) is 17.3 Å².